The van der Waals surface area contributed by atoms with E-state index in [9.17, 15) is 0 Å². The van der Waals surface area contributed by atoms with Gasteiger partial charge in [-0.2, -0.15) is 0 Å². The van der Waals surface area contributed by atoms with E-state index >= 15 is 0 Å². The Hall–Kier alpha value is -0.570. The van der Waals surface area contributed by atoms with Gasteiger partial charge in [0, 0.05) is 29.7 Å². The third-order valence-corrected chi connectivity index (χ3v) is 4.02. The van der Waals surface area contributed by atoms with Gasteiger partial charge in [-0.25, -0.2) is 0 Å². The Morgan fingerprint density at radius 2 is 2.11 bits per heavy atom. The van der Waals surface area contributed by atoms with E-state index in [1.165, 1.54) is 18.5 Å². The van der Waals surface area contributed by atoms with Gasteiger partial charge in [-0.05, 0) is 51.4 Å². The SMILES string of the molecule is CC(C)N1CCC(N[C@@H](C)c2cccc(Cl)c2)C1. The summed E-state index contributed by atoms with van der Waals surface area (Å²) in [5.41, 5.74) is 1.27. The largest absolute Gasteiger partial charge is 0.306 e. The van der Waals surface area contributed by atoms with Gasteiger partial charge in [-0.1, -0.05) is 23.7 Å². The highest BCUT2D eigenvalue weighted by Crippen LogP contribution is 2.20. The van der Waals surface area contributed by atoms with Crippen LogP contribution in [0, 0.1) is 0 Å². The zero-order valence-corrected chi connectivity index (χ0v) is 12.2. The van der Waals surface area contributed by atoms with Gasteiger partial charge in [0.1, 0.15) is 0 Å². The normalized spacial score (nSPS) is 22.6. The number of nitrogens with zero attached hydrogens (tertiary/aromatic N) is 1. The van der Waals surface area contributed by atoms with Crippen LogP contribution in [0.5, 0.6) is 0 Å². The highest BCUT2D eigenvalue weighted by molar-refractivity contribution is 6.30. The highest BCUT2D eigenvalue weighted by atomic mass is 35.5. The number of nitrogens with one attached hydrogen (secondary N) is 1. The first-order chi connectivity index (χ1) is 8.56. The fourth-order valence-corrected chi connectivity index (χ4v) is 2.82. The van der Waals surface area contributed by atoms with Gasteiger partial charge in [0.05, 0.1) is 0 Å². The molecule has 1 aliphatic rings. The average molecular weight is 267 g/mol. The lowest BCUT2D eigenvalue weighted by Gasteiger charge is -2.23. The van der Waals surface area contributed by atoms with E-state index in [1.807, 2.05) is 18.2 Å². The zero-order chi connectivity index (χ0) is 13.1. The molecule has 18 heavy (non-hydrogen) atoms. The molecule has 1 fully saturated rings. The minimum Gasteiger partial charge on any atom is -0.306 e. The molecule has 1 aromatic carbocycles. The van der Waals surface area contributed by atoms with E-state index in [2.05, 4.69) is 37.1 Å². The van der Waals surface area contributed by atoms with Gasteiger partial charge in [-0.3, -0.25) is 4.90 Å². The molecule has 2 atom stereocenters. The van der Waals surface area contributed by atoms with Gasteiger partial charge >= 0.3 is 0 Å². The van der Waals surface area contributed by atoms with Crippen molar-refractivity contribution >= 4 is 11.6 Å². The standard InChI is InChI=1S/C15H23ClN2/c1-11(2)18-8-7-15(10-18)17-12(3)13-5-4-6-14(16)9-13/h4-6,9,11-12,15,17H,7-8,10H2,1-3H3/t12-,15?/m0/s1. The van der Waals surface area contributed by atoms with Crippen molar-refractivity contribution in [2.75, 3.05) is 13.1 Å². The predicted molar refractivity (Wildman–Crippen MR) is 78.1 cm³/mol. The van der Waals surface area contributed by atoms with Crippen LogP contribution in [-0.4, -0.2) is 30.1 Å². The number of likely N-dealkylation sites (tertiary alicyclic amines) is 1. The summed E-state index contributed by atoms with van der Waals surface area (Å²) in [6, 6.07) is 9.74. The maximum Gasteiger partial charge on any atom is 0.0409 e. The van der Waals surface area contributed by atoms with E-state index in [4.69, 9.17) is 11.6 Å². The van der Waals surface area contributed by atoms with Crippen molar-refractivity contribution in [1.82, 2.24) is 10.2 Å². The second-order valence-electron chi connectivity index (χ2n) is 5.52. The molecule has 2 nitrogen and oxygen atoms in total. The predicted octanol–water partition coefficient (Wildman–Crippen LogP) is 3.47. The van der Waals surface area contributed by atoms with Crippen molar-refractivity contribution in [3.8, 4) is 0 Å². The van der Waals surface area contributed by atoms with E-state index in [-0.39, 0.29) is 0 Å². The fourth-order valence-electron chi connectivity index (χ4n) is 2.62. The van der Waals surface area contributed by atoms with Crippen molar-refractivity contribution in [1.29, 1.82) is 0 Å². The Morgan fingerprint density at radius 1 is 1.33 bits per heavy atom. The second kappa shape index (κ2) is 6.05. The number of benzene rings is 1. The molecule has 2 rings (SSSR count). The topological polar surface area (TPSA) is 15.3 Å². The van der Waals surface area contributed by atoms with Crippen LogP contribution in [0.3, 0.4) is 0 Å². The molecule has 1 aliphatic heterocycles. The molecule has 0 bridgehead atoms. The third kappa shape index (κ3) is 3.47. The Morgan fingerprint density at radius 3 is 2.72 bits per heavy atom. The highest BCUT2D eigenvalue weighted by Gasteiger charge is 2.25. The van der Waals surface area contributed by atoms with Crippen molar-refractivity contribution in [2.45, 2.75) is 45.3 Å². The van der Waals surface area contributed by atoms with Crippen LogP contribution in [0.25, 0.3) is 0 Å². The van der Waals surface area contributed by atoms with Gasteiger partial charge < -0.3 is 5.32 Å². The van der Waals surface area contributed by atoms with Crippen LogP contribution < -0.4 is 5.32 Å². The van der Waals surface area contributed by atoms with Crippen LogP contribution in [0.1, 0.15) is 38.8 Å². The monoisotopic (exact) mass is 266 g/mol. The molecule has 0 spiro atoms. The minimum atomic E-state index is 0.362. The zero-order valence-electron chi connectivity index (χ0n) is 11.5. The van der Waals surface area contributed by atoms with E-state index in [1.54, 1.807) is 0 Å². The number of rotatable bonds is 4. The van der Waals surface area contributed by atoms with E-state index < -0.39 is 0 Å². The molecule has 1 heterocycles. The summed E-state index contributed by atoms with van der Waals surface area (Å²) >= 11 is 6.03. The Balaban J connectivity index is 1.90. The summed E-state index contributed by atoms with van der Waals surface area (Å²) in [6.07, 6.45) is 1.24. The summed E-state index contributed by atoms with van der Waals surface area (Å²) in [7, 11) is 0. The van der Waals surface area contributed by atoms with Gasteiger partial charge in [0.15, 0.2) is 0 Å². The maximum atomic E-state index is 6.03. The molecule has 1 N–H and O–H groups in total. The Labute approximate surface area is 115 Å². The van der Waals surface area contributed by atoms with Crippen LogP contribution >= 0.6 is 11.6 Å². The molecule has 1 aromatic rings. The summed E-state index contributed by atoms with van der Waals surface area (Å²) in [5, 5.41) is 4.52. The average Bonchev–Trinajstić information content (AvgIpc) is 2.77. The fraction of sp³-hybridized carbons (Fsp3) is 0.600. The van der Waals surface area contributed by atoms with E-state index in [0.717, 1.165) is 11.6 Å². The van der Waals surface area contributed by atoms with Crippen LogP contribution in [0.4, 0.5) is 0 Å². The summed E-state index contributed by atoms with van der Waals surface area (Å²) < 4.78 is 0. The number of hydrogen-bond acceptors (Lipinski definition) is 2. The molecule has 0 radical (unpaired) electrons. The minimum absolute atomic E-state index is 0.362. The quantitative estimate of drug-likeness (QED) is 0.898. The van der Waals surface area contributed by atoms with Gasteiger partial charge in [0.2, 0.25) is 0 Å². The second-order valence-corrected chi connectivity index (χ2v) is 5.95. The lowest BCUT2D eigenvalue weighted by Crippen LogP contribution is -2.36. The molecule has 100 valence electrons. The third-order valence-electron chi connectivity index (χ3n) is 3.78. The lowest BCUT2D eigenvalue weighted by atomic mass is 10.1. The van der Waals surface area contributed by atoms with Gasteiger partial charge in [-0.15, -0.1) is 0 Å². The number of halogens is 1. The summed E-state index contributed by atoms with van der Waals surface area (Å²) in [4.78, 5) is 2.53. The van der Waals surface area contributed by atoms with Crippen molar-refractivity contribution in [3.05, 3.63) is 34.9 Å². The van der Waals surface area contributed by atoms with Crippen molar-refractivity contribution in [2.24, 2.45) is 0 Å². The molecule has 0 amide bonds. The Bertz CT molecular complexity index is 392. The molecule has 0 aromatic heterocycles. The first-order valence-electron chi connectivity index (χ1n) is 6.82. The first-order valence-corrected chi connectivity index (χ1v) is 7.19. The smallest absolute Gasteiger partial charge is 0.0409 e. The molecule has 0 saturated carbocycles. The van der Waals surface area contributed by atoms with Gasteiger partial charge in [0.25, 0.3) is 0 Å². The molecular formula is C15H23ClN2. The first kappa shape index (κ1) is 13.9. The maximum absolute atomic E-state index is 6.03. The number of hydrogen-bond donors (Lipinski definition) is 1. The van der Waals surface area contributed by atoms with E-state index in [0.29, 0.717) is 18.1 Å². The summed E-state index contributed by atoms with van der Waals surface area (Å²) in [5.74, 6) is 0. The van der Waals surface area contributed by atoms with Crippen LogP contribution in [0.15, 0.2) is 24.3 Å². The molecule has 3 heteroatoms. The van der Waals surface area contributed by atoms with Crippen molar-refractivity contribution < 1.29 is 0 Å². The molecule has 1 saturated heterocycles. The lowest BCUT2D eigenvalue weighted by molar-refractivity contribution is 0.266. The Kier molecular flexibility index (Phi) is 4.66. The van der Waals surface area contributed by atoms with Crippen molar-refractivity contribution in [3.63, 3.8) is 0 Å². The molecule has 1 unspecified atom stereocenters. The van der Waals surface area contributed by atoms with Crippen LogP contribution in [0.2, 0.25) is 5.02 Å². The summed E-state index contributed by atoms with van der Waals surface area (Å²) in [6.45, 7) is 9.11. The molecule has 0 aliphatic carbocycles. The van der Waals surface area contributed by atoms with Crippen LogP contribution in [-0.2, 0) is 0 Å². The molecular weight excluding hydrogens is 244 g/mol.